The molecule has 78 valence electrons. The number of hydrogen-bond acceptors (Lipinski definition) is 1. The van der Waals surface area contributed by atoms with Crippen LogP contribution in [-0.4, -0.2) is 0 Å². The molecule has 0 N–H and O–H groups in total. The highest BCUT2D eigenvalue weighted by Gasteiger charge is 2.17. The monoisotopic (exact) mass is 218 g/mol. The molecule has 2 rings (SSSR count). The number of nitrogens with zero attached hydrogens (tertiary/aromatic N) is 1. The van der Waals surface area contributed by atoms with Gasteiger partial charge in [-0.2, -0.15) is 4.57 Å². The summed E-state index contributed by atoms with van der Waals surface area (Å²) < 4.78 is 3.75. The summed E-state index contributed by atoms with van der Waals surface area (Å²) in [5, 5.41) is 1.46. The number of hydrogen-bond donors (Lipinski definition) is 0. The Morgan fingerprint density at radius 2 is 2.20 bits per heavy atom. The average molecular weight is 218 g/mol. The fourth-order valence-corrected chi connectivity index (χ4v) is 3.08. The molecule has 2 aromatic rings. The van der Waals surface area contributed by atoms with Crippen LogP contribution in [0, 0.1) is 0 Å². The van der Waals surface area contributed by atoms with E-state index in [0.717, 1.165) is 13.0 Å². The molecule has 0 radical (unpaired) electrons. The van der Waals surface area contributed by atoms with E-state index in [2.05, 4.69) is 42.3 Å². The number of allylic oxidation sites excluding steroid dienone is 1. The third kappa shape index (κ3) is 1.95. The summed E-state index contributed by atoms with van der Waals surface area (Å²) >= 11 is 1.90. The fourth-order valence-electron chi connectivity index (χ4n) is 1.81. The first-order chi connectivity index (χ1) is 7.36. The van der Waals surface area contributed by atoms with Crippen molar-refractivity contribution in [2.45, 2.75) is 26.3 Å². The predicted octanol–water partition coefficient (Wildman–Crippen LogP) is 3.33. The minimum absolute atomic E-state index is 0.916. The van der Waals surface area contributed by atoms with Crippen molar-refractivity contribution < 1.29 is 4.57 Å². The molecule has 0 saturated carbocycles. The lowest BCUT2D eigenvalue weighted by Crippen LogP contribution is -2.35. The van der Waals surface area contributed by atoms with Gasteiger partial charge in [0.2, 0.25) is 10.5 Å². The summed E-state index contributed by atoms with van der Waals surface area (Å²) in [6, 6.07) is 8.59. The largest absolute Gasteiger partial charge is 0.238 e. The van der Waals surface area contributed by atoms with Crippen LogP contribution < -0.4 is 4.57 Å². The second kappa shape index (κ2) is 4.58. The van der Waals surface area contributed by atoms with E-state index in [1.807, 2.05) is 17.4 Å². The molecule has 0 unspecified atom stereocenters. The Morgan fingerprint density at radius 3 is 2.93 bits per heavy atom. The van der Waals surface area contributed by atoms with Crippen LogP contribution in [0.15, 0.2) is 36.9 Å². The van der Waals surface area contributed by atoms with Gasteiger partial charge < -0.3 is 0 Å². The number of para-hydroxylation sites is 1. The molecule has 0 saturated heterocycles. The first-order valence-electron chi connectivity index (χ1n) is 5.38. The summed E-state index contributed by atoms with van der Waals surface area (Å²) in [5.41, 5.74) is 1.34. The van der Waals surface area contributed by atoms with Gasteiger partial charge in [0.25, 0.3) is 0 Å². The Morgan fingerprint density at radius 1 is 1.40 bits per heavy atom. The lowest BCUT2D eigenvalue weighted by Gasteiger charge is -1.93. The van der Waals surface area contributed by atoms with Gasteiger partial charge in [-0.15, -0.1) is 0 Å². The number of rotatable bonds is 4. The molecule has 1 heterocycles. The van der Waals surface area contributed by atoms with Crippen LogP contribution in [-0.2, 0) is 13.0 Å². The quantitative estimate of drug-likeness (QED) is 0.547. The zero-order chi connectivity index (χ0) is 10.7. The molecule has 0 fully saturated rings. The molecular weight excluding hydrogens is 202 g/mol. The maximum atomic E-state index is 3.83. The topological polar surface area (TPSA) is 3.88 Å². The highest BCUT2D eigenvalue weighted by Crippen LogP contribution is 2.20. The predicted molar refractivity (Wildman–Crippen MR) is 66.2 cm³/mol. The number of thiazole rings is 1. The smallest absolute Gasteiger partial charge is 0.182 e. The molecule has 0 bridgehead atoms. The van der Waals surface area contributed by atoms with Gasteiger partial charge in [0.05, 0.1) is 0 Å². The lowest BCUT2D eigenvalue weighted by atomic mass is 10.3. The first-order valence-corrected chi connectivity index (χ1v) is 6.19. The van der Waals surface area contributed by atoms with Crippen LogP contribution in [0.1, 0.15) is 18.4 Å². The van der Waals surface area contributed by atoms with Crippen molar-refractivity contribution in [3.63, 3.8) is 0 Å². The Hall–Kier alpha value is -1.15. The summed E-state index contributed by atoms with van der Waals surface area (Å²) in [5.74, 6) is 0. The molecule has 0 spiro atoms. The van der Waals surface area contributed by atoms with Gasteiger partial charge in [-0.25, -0.2) is 0 Å². The van der Waals surface area contributed by atoms with Crippen LogP contribution in [0.4, 0.5) is 0 Å². The van der Waals surface area contributed by atoms with E-state index in [1.54, 1.807) is 0 Å². The summed E-state index contributed by atoms with van der Waals surface area (Å²) in [4.78, 5) is 0. The SMILES string of the molecule is C=CC[n+]1c(CCC)sc2ccccc21. The first kappa shape index (κ1) is 10.4. The van der Waals surface area contributed by atoms with E-state index in [-0.39, 0.29) is 0 Å². The van der Waals surface area contributed by atoms with Crippen LogP contribution in [0.3, 0.4) is 0 Å². The second-order valence-corrected chi connectivity index (χ2v) is 4.73. The van der Waals surface area contributed by atoms with Crippen molar-refractivity contribution in [1.82, 2.24) is 0 Å². The maximum absolute atomic E-state index is 3.83. The van der Waals surface area contributed by atoms with E-state index in [4.69, 9.17) is 0 Å². The van der Waals surface area contributed by atoms with E-state index in [1.165, 1.54) is 21.6 Å². The number of aromatic nitrogens is 1. The van der Waals surface area contributed by atoms with Crippen molar-refractivity contribution in [2.24, 2.45) is 0 Å². The highest BCUT2D eigenvalue weighted by molar-refractivity contribution is 7.18. The molecule has 1 aromatic carbocycles. The van der Waals surface area contributed by atoms with Crippen molar-refractivity contribution in [3.05, 3.63) is 41.9 Å². The Bertz CT molecular complexity index is 470. The molecule has 1 nitrogen and oxygen atoms in total. The Balaban J connectivity index is 2.57. The minimum Gasteiger partial charge on any atom is -0.182 e. The Kier molecular flexibility index (Phi) is 3.17. The third-order valence-electron chi connectivity index (χ3n) is 2.46. The van der Waals surface area contributed by atoms with Crippen LogP contribution in [0.2, 0.25) is 0 Å². The number of fused-ring (bicyclic) bond motifs is 1. The molecule has 0 aliphatic carbocycles. The zero-order valence-electron chi connectivity index (χ0n) is 9.07. The van der Waals surface area contributed by atoms with Gasteiger partial charge in [-0.05, 0) is 18.6 Å². The van der Waals surface area contributed by atoms with Gasteiger partial charge in [-0.3, -0.25) is 0 Å². The normalized spacial score (nSPS) is 10.7. The molecule has 2 heteroatoms. The van der Waals surface area contributed by atoms with Crippen molar-refractivity contribution in [1.29, 1.82) is 0 Å². The third-order valence-corrected chi connectivity index (χ3v) is 3.69. The summed E-state index contributed by atoms with van der Waals surface area (Å²) in [7, 11) is 0. The summed E-state index contributed by atoms with van der Waals surface area (Å²) in [6.45, 7) is 6.97. The Labute approximate surface area is 94.7 Å². The molecule has 0 aliphatic heterocycles. The van der Waals surface area contributed by atoms with Gasteiger partial charge in [0, 0.05) is 12.5 Å². The molecule has 1 aromatic heterocycles. The molecule has 0 aliphatic rings. The van der Waals surface area contributed by atoms with E-state index < -0.39 is 0 Å². The standard InChI is InChI=1S/C13H16NS/c1-3-7-13-14(10-4-2)11-8-5-6-9-12(11)15-13/h4-6,8-9H,2-3,7,10H2,1H3/q+1. The van der Waals surface area contributed by atoms with Gasteiger partial charge in [-0.1, -0.05) is 37.0 Å². The maximum Gasteiger partial charge on any atom is 0.238 e. The molecular formula is C13H16NS+. The van der Waals surface area contributed by atoms with Crippen LogP contribution in [0.25, 0.3) is 10.2 Å². The van der Waals surface area contributed by atoms with E-state index in [0.29, 0.717) is 0 Å². The van der Waals surface area contributed by atoms with Gasteiger partial charge >= 0.3 is 0 Å². The molecule has 15 heavy (non-hydrogen) atoms. The number of benzene rings is 1. The lowest BCUT2D eigenvalue weighted by molar-refractivity contribution is -0.664. The number of aryl methyl sites for hydroxylation is 1. The van der Waals surface area contributed by atoms with E-state index >= 15 is 0 Å². The molecule has 0 amide bonds. The van der Waals surface area contributed by atoms with Gasteiger partial charge in [0.1, 0.15) is 4.70 Å². The van der Waals surface area contributed by atoms with E-state index in [9.17, 15) is 0 Å². The van der Waals surface area contributed by atoms with Gasteiger partial charge in [0.15, 0.2) is 6.54 Å². The van der Waals surface area contributed by atoms with Crippen molar-refractivity contribution in [2.75, 3.05) is 0 Å². The van der Waals surface area contributed by atoms with Crippen LogP contribution in [0.5, 0.6) is 0 Å². The van der Waals surface area contributed by atoms with Crippen LogP contribution >= 0.6 is 11.3 Å². The fraction of sp³-hybridized carbons (Fsp3) is 0.308. The second-order valence-electron chi connectivity index (χ2n) is 3.61. The minimum atomic E-state index is 0.916. The highest BCUT2D eigenvalue weighted by atomic mass is 32.1. The zero-order valence-corrected chi connectivity index (χ0v) is 9.89. The van der Waals surface area contributed by atoms with Crippen molar-refractivity contribution in [3.8, 4) is 0 Å². The molecule has 0 atom stereocenters. The average Bonchev–Trinajstić information content (AvgIpc) is 2.59. The van der Waals surface area contributed by atoms with Crippen molar-refractivity contribution >= 4 is 21.6 Å². The summed E-state index contributed by atoms with van der Waals surface area (Å²) in [6.07, 6.45) is 4.33.